The van der Waals surface area contributed by atoms with Gasteiger partial charge in [0.15, 0.2) is 0 Å². The molecule has 3 heteroatoms. The SMILES string of the molecule is NCC1(C(O)c2cccc(Br)c2)CC1. The highest BCUT2D eigenvalue weighted by Crippen LogP contribution is 2.54. The van der Waals surface area contributed by atoms with E-state index >= 15 is 0 Å². The Morgan fingerprint density at radius 3 is 2.71 bits per heavy atom. The second kappa shape index (κ2) is 3.65. The largest absolute Gasteiger partial charge is 0.388 e. The Hall–Kier alpha value is -0.380. The summed E-state index contributed by atoms with van der Waals surface area (Å²) in [4.78, 5) is 0. The molecule has 1 aromatic rings. The van der Waals surface area contributed by atoms with Gasteiger partial charge in [0.2, 0.25) is 0 Å². The molecule has 1 fully saturated rings. The van der Waals surface area contributed by atoms with Gasteiger partial charge >= 0.3 is 0 Å². The molecule has 1 aliphatic rings. The maximum atomic E-state index is 10.1. The van der Waals surface area contributed by atoms with E-state index in [0.29, 0.717) is 6.54 Å². The molecule has 0 aliphatic heterocycles. The second-order valence-corrected chi connectivity index (χ2v) is 4.94. The first kappa shape index (κ1) is 10.1. The summed E-state index contributed by atoms with van der Waals surface area (Å²) in [5.74, 6) is 0. The van der Waals surface area contributed by atoms with Crippen molar-refractivity contribution < 1.29 is 5.11 Å². The second-order valence-electron chi connectivity index (χ2n) is 4.02. The van der Waals surface area contributed by atoms with Gasteiger partial charge in [-0.1, -0.05) is 28.1 Å². The minimum Gasteiger partial charge on any atom is -0.388 e. The van der Waals surface area contributed by atoms with Gasteiger partial charge in [0.05, 0.1) is 6.10 Å². The monoisotopic (exact) mass is 255 g/mol. The van der Waals surface area contributed by atoms with E-state index in [1.54, 1.807) is 0 Å². The summed E-state index contributed by atoms with van der Waals surface area (Å²) >= 11 is 3.40. The lowest BCUT2D eigenvalue weighted by Gasteiger charge is -2.20. The number of rotatable bonds is 3. The highest BCUT2D eigenvalue weighted by molar-refractivity contribution is 9.10. The smallest absolute Gasteiger partial charge is 0.0858 e. The number of benzene rings is 1. The number of aliphatic hydroxyl groups excluding tert-OH is 1. The fraction of sp³-hybridized carbons (Fsp3) is 0.455. The van der Waals surface area contributed by atoms with Crippen LogP contribution in [0.2, 0.25) is 0 Å². The molecule has 0 spiro atoms. The molecule has 1 saturated carbocycles. The van der Waals surface area contributed by atoms with Crippen LogP contribution in [-0.4, -0.2) is 11.7 Å². The molecule has 2 nitrogen and oxygen atoms in total. The van der Waals surface area contributed by atoms with Gasteiger partial charge < -0.3 is 10.8 Å². The summed E-state index contributed by atoms with van der Waals surface area (Å²) in [6.45, 7) is 0.570. The van der Waals surface area contributed by atoms with Crippen LogP contribution < -0.4 is 5.73 Å². The van der Waals surface area contributed by atoms with Gasteiger partial charge in [0, 0.05) is 16.4 Å². The molecule has 0 heterocycles. The third-order valence-electron chi connectivity index (χ3n) is 3.04. The zero-order valence-corrected chi connectivity index (χ0v) is 9.50. The number of hydrogen-bond acceptors (Lipinski definition) is 2. The zero-order chi connectivity index (χ0) is 10.2. The van der Waals surface area contributed by atoms with E-state index in [2.05, 4.69) is 15.9 Å². The summed E-state index contributed by atoms with van der Waals surface area (Å²) in [5.41, 5.74) is 6.59. The fourth-order valence-corrected chi connectivity index (χ4v) is 2.20. The van der Waals surface area contributed by atoms with E-state index < -0.39 is 6.10 Å². The summed E-state index contributed by atoms with van der Waals surface area (Å²) in [6, 6.07) is 7.80. The van der Waals surface area contributed by atoms with Crippen molar-refractivity contribution in [1.82, 2.24) is 0 Å². The molecule has 76 valence electrons. The fourth-order valence-electron chi connectivity index (χ4n) is 1.78. The van der Waals surface area contributed by atoms with Gasteiger partial charge in [-0.05, 0) is 30.5 Å². The summed E-state index contributed by atoms with van der Waals surface area (Å²) < 4.78 is 1.00. The van der Waals surface area contributed by atoms with Crippen LogP contribution in [0.3, 0.4) is 0 Å². The van der Waals surface area contributed by atoms with Crippen molar-refractivity contribution in [3.05, 3.63) is 34.3 Å². The average Bonchev–Trinajstić information content (AvgIpc) is 2.97. The van der Waals surface area contributed by atoms with Crippen molar-refractivity contribution in [2.45, 2.75) is 18.9 Å². The Balaban J connectivity index is 2.23. The standard InChI is InChI=1S/C11H14BrNO/c12-9-3-1-2-8(6-9)10(14)11(7-13)4-5-11/h1-3,6,10,14H,4-5,7,13H2. The molecule has 14 heavy (non-hydrogen) atoms. The molecule has 3 N–H and O–H groups in total. The number of nitrogens with two attached hydrogens (primary N) is 1. The van der Waals surface area contributed by atoms with Crippen LogP contribution in [0.25, 0.3) is 0 Å². The predicted molar refractivity (Wildman–Crippen MR) is 59.8 cm³/mol. The third-order valence-corrected chi connectivity index (χ3v) is 3.54. The van der Waals surface area contributed by atoms with E-state index in [0.717, 1.165) is 22.9 Å². The normalized spacial score (nSPS) is 20.5. The van der Waals surface area contributed by atoms with Gasteiger partial charge in [-0.25, -0.2) is 0 Å². The van der Waals surface area contributed by atoms with Crippen LogP contribution in [0, 0.1) is 5.41 Å². The van der Waals surface area contributed by atoms with Crippen LogP contribution in [0.5, 0.6) is 0 Å². The molecule has 0 radical (unpaired) electrons. The third kappa shape index (κ3) is 1.72. The number of hydrogen-bond donors (Lipinski definition) is 2. The Bertz CT molecular complexity index is 336. The van der Waals surface area contributed by atoms with E-state index in [-0.39, 0.29) is 5.41 Å². The maximum Gasteiger partial charge on any atom is 0.0858 e. The molecule has 1 unspecified atom stereocenters. The van der Waals surface area contributed by atoms with E-state index in [4.69, 9.17) is 5.73 Å². The van der Waals surface area contributed by atoms with E-state index in [1.165, 1.54) is 0 Å². The molecule has 0 saturated heterocycles. The summed E-state index contributed by atoms with van der Waals surface area (Å²) in [7, 11) is 0. The van der Waals surface area contributed by atoms with Crippen molar-refractivity contribution in [2.24, 2.45) is 11.1 Å². The van der Waals surface area contributed by atoms with Gasteiger partial charge in [0.25, 0.3) is 0 Å². The number of aliphatic hydroxyl groups is 1. The van der Waals surface area contributed by atoms with Crippen LogP contribution >= 0.6 is 15.9 Å². The first-order valence-electron chi connectivity index (χ1n) is 4.81. The highest BCUT2D eigenvalue weighted by atomic mass is 79.9. The first-order valence-corrected chi connectivity index (χ1v) is 5.61. The zero-order valence-electron chi connectivity index (χ0n) is 7.91. The van der Waals surface area contributed by atoms with Gasteiger partial charge in [-0.3, -0.25) is 0 Å². The molecule has 0 aromatic heterocycles. The van der Waals surface area contributed by atoms with Crippen molar-refractivity contribution in [3.63, 3.8) is 0 Å². The molecule has 1 aromatic carbocycles. The lowest BCUT2D eigenvalue weighted by molar-refractivity contribution is 0.0975. The van der Waals surface area contributed by atoms with Crippen LogP contribution in [0.15, 0.2) is 28.7 Å². The van der Waals surface area contributed by atoms with Crippen molar-refractivity contribution in [2.75, 3.05) is 6.54 Å². The van der Waals surface area contributed by atoms with Gasteiger partial charge in [-0.2, -0.15) is 0 Å². The Kier molecular flexibility index (Phi) is 2.64. The van der Waals surface area contributed by atoms with E-state index in [1.807, 2.05) is 24.3 Å². The maximum absolute atomic E-state index is 10.1. The predicted octanol–water partition coefficient (Wildman–Crippen LogP) is 2.22. The first-order chi connectivity index (χ1) is 6.68. The molecule has 0 bridgehead atoms. The van der Waals surface area contributed by atoms with Crippen molar-refractivity contribution >= 4 is 15.9 Å². The van der Waals surface area contributed by atoms with E-state index in [9.17, 15) is 5.11 Å². The molecule has 1 atom stereocenters. The van der Waals surface area contributed by atoms with Crippen LogP contribution in [0.4, 0.5) is 0 Å². The molecular formula is C11H14BrNO. The topological polar surface area (TPSA) is 46.2 Å². The highest BCUT2D eigenvalue weighted by Gasteiger charge is 2.48. The van der Waals surface area contributed by atoms with Crippen molar-refractivity contribution in [3.8, 4) is 0 Å². The number of halogens is 1. The molecular weight excluding hydrogens is 242 g/mol. The Morgan fingerprint density at radius 1 is 1.50 bits per heavy atom. The molecule has 2 rings (SSSR count). The molecule has 1 aliphatic carbocycles. The molecule has 0 amide bonds. The Labute approximate surface area is 92.3 Å². The Morgan fingerprint density at radius 2 is 2.21 bits per heavy atom. The minimum absolute atomic E-state index is 0.0409. The van der Waals surface area contributed by atoms with Crippen LogP contribution in [-0.2, 0) is 0 Å². The van der Waals surface area contributed by atoms with Crippen LogP contribution in [0.1, 0.15) is 24.5 Å². The van der Waals surface area contributed by atoms with Gasteiger partial charge in [0.1, 0.15) is 0 Å². The lowest BCUT2D eigenvalue weighted by Crippen LogP contribution is -2.23. The lowest BCUT2D eigenvalue weighted by atomic mass is 9.93. The van der Waals surface area contributed by atoms with Gasteiger partial charge in [-0.15, -0.1) is 0 Å². The summed E-state index contributed by atoms with van der Waals surface area (Å²) in [5, 5.41) is 10.1. The average molecular weight is 256 g/mol. The van der Waals surface area contributed by atoms with Crippen molar-refractivity contribution in [1.29, 1.82) is 0 Å². The minimum atomic E-state index is -0.412. The quantitative estimate of drug-likeness (QED) is 0.871. The summed E-state index contributed by atoms with van der Waals surface area (Å²) in [6.07, 6.45) is 1.67.